The first kappa shape index (κ1) is 18.4. The van der Waals surface area contributed by atoms with Gasteiger partial charge in [-0.25, -0.2) is 0 Å². The monoisotopic (exact) mass is 362 g/mol. The van der Waals surface area contributed by atoms with Gasteiger partial charge in [0.1, 0.15) is 5.78 Å². The van der Waals surface area contributed by atoms with Crippen molar-refractivity contribution < 1.29 is 9.59 Å². The quantitative estimate of drug-likeness (QED) is 0.894. The molecule has 1 N–H and O–H groups in total. The van der Waals surface area contributed by atoms with Crippen molar-refractivity contribution in [3.8, 4) is 0 Å². The van der Waals surface area contributed by atoms with Gasteiger partial charge in [0.25, 0.3) is 0 Å². The van der Waals surface area contributed by atoms with Gasteiger partial charge >= 0.3 is 0 Å². The fraction of sp³-hybridized carbons (Fsp3) is 0.600. The van der Waals surface area contributed by atoms with E-state index >= 15 is 0 Å². The lowest BCUT2D eigenvalue weighted by molar-refractivity contribution is -0.138. The Kier molecular flexibility index (Phi) is 5.49. The van der Waals surface area contributed by atoms with Gasteiger partial charge in [-0.15, -0.1) is 0 Å². The van der Waals surface area contributed by atoms with Crippen LogP contribution in [0.3, 0.4) is 0 Å². The van der Waals surface area contributed by atoms with Crippen LogP contribution in [0, 0.1) is 11.3 Å². The number of nitrogens with one attached hydrogen (secondary N) is 1. The average Bonchev–Trinajstić information content (AvgIpc) is 3.07. The normalized spacial score (nSPS) is 27.5. The molecule has 1 amide bonds. The van der Waals surface area contributed by atoms with E-state index in [0.717, 1.165) is 37.4 Å². The Morgan fingerprint density at radius 2 is 1.88 bits per heavy atom. The van der Waals surface area contributed by atoms with Crippen LogP contribution in [0.5, 0.6) is 0 Å². The molecule has 4 nitrogen and oxygen atoms in total. The molecule has 25 heavy (non-hydrogen) atoms. The van der Waals surface area contributed by atoms with Crippen LogP contribution in [-0.2, 0) is 9.59 Å². The van der Waals surface area contributed by atoms with E-state index in [9.17, 15) is 9.59 Å². The maximum absolute atomic E-state index is 13.5. The number of piperidine rings is 1. The van der Waals surface area contributed by atoms with Crippen LogP contribution in [0.25, 0.3) is 0 Å². The number of carbonyl (C=O) groups is 2. The van der Waals surface area contributed by atoms with E-state index in [-0.39, 0.29) is 23.2 Å². The van der Waals surface area contributed by atoms with E-state index in [0.29, 0.717) is 18.9 Å². The van der Waals surface area contributed by atoms with Gasteiger partial charge in [0.15, 0.2) is 0 Å². The number of rotatable bonds is 4. The molecular formula is C20H27ClN2O2. The Balaban J connectivity index is 1.80. The van der Waals surface area contributed by atoms with Crippen molar-refractivity contribution in [2.24, 2.45) is 11.3 Å². The van der Waals surface area contributed by atoms with Crippen LogP contribution >= 0.6 is 11.6 Å². The highest BCUT2D eigenvalue weighted by atomic mass is 35.5. The second kappa shape index (κ2) is 7.46. The SMILES string of the molecule is CC[C@@]1(C(=O)C2CCN(C(C)=O)CC2)CNC[C@@H]1c1ccc(Cl)cc1. The number of amides is 1. The lowest BCUT2D eigenvalue weighted by Gasteiger charge is -2.39. The Morgan fingerprint density at radius 1 is 1.24 bits per heavy atom. The summed E-state index contributed by atoms with van der Waals surface area (Å²) in [7, 11) is 0. The first-order valence-electron chi connectivity index (χ1n) is 9.24. The molecule has 2 aliphatic heterocycles. The highest BCUT2D eigenvalue weighted by Crippen LogP contribution is 2.45. The molecule has 1 aromatic rings. The number of Topliss-reactive ketones (excluding diaryl/α,β-unsaturated/α-hetero) is 1. The zero-order valence-corrected chi connectivity index (χ0v) is 15.8. The molecule has 0 radical (unpaired) electrons. The maximum Gasteiger partial charge on any atom is 0.219 e. The van der Waals surface area contributed by atoms with E-state index in [1.807, 2.05) is 17.0 Å². The number of benzene rings is 1. The van der Waals surface area contributed by atoms with Gasteiger partial charge < -0.3 is 10.2 Å². The molecule has 2 heterocycles. The Morgan fingerprint density at radius 3 is 2.44 bits per heavy atom. The topological polar surface area (TPSA) is 49.4 Å². The lowest BCUT2D eigenvalue weighted by Crippen LogP contribution is -2.46. The molecule has 2 atom stereocenters. The minimum Gasteiger partial charge on any atom is -0.343 e. The highest BCUT2D eigenvalue weighted by Gasteiger charge is 2.50. The Hall–Kier alpha value is -1.39. The van der Waals surface area contributed by atoms with Crippen molar-refractivity contribution in [2.75, 3.05) is 26.2 Å². The molecule has 2 aliphatic rings. The molecule has 0 saturated carbocycles. The molecule has 0 unspecified atom stereocenters. The summed E-state index contributed by atoms with van der Waals surface area (Å²) >= 11 is 6.03. The lowest BCUT2D eigenvalue weighted by atomic mass is 9.65. The molecule has 0 bridgehead atoms. The summed E-state index contributed by atoms with van der Waals surface area (Å²) in [5.41, 5.74) is 0.836. The Labute approximate surface area is 154 Å². The average molecular weight is 363 g/mol. The minimum absolute atomic E-state index is 0.0604. The van der Waals surface area contributed by atoms with Crippen LogP contribution in [-0.4, -0.2) is 42.8 Å². The van der Waals surface area contributed by atoms with Crippen LogP contribution in [0.2, 0.25) is 5.02 Å². The summed E-state index contributed by atoms with van der Waals surface area (Å²) in [6.45, 7) is 6.69. The second-order valence-electron chi connectivity index (χ2n) is 7.39. The summed E-state index contributed by atoms with van der Waals surface area (Å²) in [4.78, 5) is 26.9. The first-order chi connectivity index (χ1) is 12.0. The van der Waals surface area contributed by atoms with E-state index < -0.39 is 0 Å². The number of nitrogens with zero attached hydrogens (tertiary/aromatic N) is 1. The van der Waals surface area contributed by atoms with Crippen LogP contribution in [0.4, 0.5) is 0 Å². The molecule has 2 saturated heterocycles. The van der Waals surface area contributed by atoms with Crippen molar-refractivity contribution >= 4 is 23.3 Å². The predicted octanol–water partition coefficient (Wildman–Crippen LogP) is 3.25. The highest BCUT2D eigenvalue weighted by molar-refractivity contribution is 6.30. The van der Waals surface area contributed by atoms with E-state index in [1.165, 1.54) is 5.56 Å². The van der Waals surface area contributed by atoms with Gasteiger partial charge in [-0.2, -0.15) is 0 Å². The smallest absolute Gasteiger partial charge is 0.219 e. The minimum atomic E-state index is -0.350. The largest absolute Gasteiger partial charge is 0.343 e. The summed E-state index contributed by atoms with van der Waals surface area (Å²) < 4.78 is 0. The fourth-order valence-electron chi connectivity index (χ4n) is 4.56. The fourth-order valence-corrected chi connectivity index (χ4v) is 4.68. The third-order valence-electron chi connectivity index (χ3n) is 6.16. The number of carbonyl (C=O) groups excluding carboxylic acids is 2. The summed E-state index contributed by atoms with van der Waals surface area (Å²) in [5.74, 6) is 0.735. The van der Waals surface area contributed by atoms with Gasteiger partial charge in [0, 0.05) is 55.4 Å². The number of ketones is 1. The maximum atomic E-state index is 13.5. The first-order valence-corrected chi connectivity index (χ1v) is 9.61. The number of hydrogen-bond donors (Lipinski definition) is 1. The van der Waals surface area contributed by atoms with Crippen LogP contribution < -0.4 is 5.32 Å². The van der Waals surface area contributed by atoms with E-state index in [2.05, 4.69) is 24.4 Å². The van der Waals surface area contributed by atoms with E-state index in [1.54, 1.807) is 6.92 Å². The van der Waals surface area contributed by atoms with Gasteiger partial charge in [-0.1, -0.05) is 30.7 Å². The standard InChI is InChI=1S/C20H27ClN2O2/c1-3-20(19(25)16-8-10-23(11-9-16)14(2)24)13-22-12-18(20)15-4-6-17(21)7-5-15/h4-7,16,18,22H,3,8-13H2,1-2H3/t18-,20-/m1/s1. The summed E-state index contributed by atoms with van der Waals surface area (Å²) in [5, 5.41) is 4.18. The summed E-state index contributed by atoms with van der Waals surface area (Å²) in [6, 6.07) is 7.92. The molecule has 1 aromatic carbocycles. The molecule has 136 valence electrons. The van der Waals surface area contributed by atoms with Crippen LogP contribution in [0.15, 0.2) is 24.3 Å². The third-order valence-corrected chi connectivity index (χ3v) is 6.41. The summed E-state index contributed by atoms with van der Waals surface area (Å²) in [6.07, 6.45) is 2.40. The van der Waals surface area contributed by atoms with Crippen LogP contribution in [0.1, 0.15) is 44.6 Å². The van der Waals surface area contributed by atoms with Crippen molar-refractivity contribution in [1.82, 2.24) is 10.2 Å². The predicted molar refractivity (Wildman–Crippen MR) is 99.8 cm³/mol. The molecule has 5 heteroatoms. The number of likely N-dealkylation sites (tertiary alicyclic amines) is 1. The van der Waals surface area contributed by atoms with Crippen molar-refractivity contribution in [1.29, 1.82) is 0 Å². The van der Waals surface area contributed by atoms with Crippen molar-refractivity contribution in [3.05, 3.63) is 34.9 Å². The second-order valence-corrected chi connectivity index (χ2v) is 7.83. The van der Waals surface area contributed by atoms with Crippen molar-refractivity contribution in [3.63, 3.8) is 0 Å². The zero-order valence-electron chi connectivity index (χ0n) is 15.1. The molecule has 3 rings (SSSR count). The van der Waals surface area contributed by atoms with Gasteiger partial charge in [0.05, 0.1) is 0 Å². The van der Waals surface area contributed by atoms with Gasteiger partial charge in [0.2, 0.25) is 5.91 Å². The van der Waals surface area contributed by atoms with Crippen molar-refractivity contribution in [2.45, 2.75) is 39.0 Å². The molecular weight excluding hydrogens is 336 g/mol. The molecule has 2 fully saturated rings. The molecule has 0 aliphatic carbocycles. The number of hydrogen-bond acceptors (Lipinski definition) is 3. The van der Waals surface area contributed by atoms with E-state index in [4.69, 9.17) is 11.6 Å². The zero-order chi connectivity index (χ0) is 18.0. The molecule has 0 aromatic heterocycles. The van der Waals surface area contributed by atoms with Gasteiger partial charge in [-0.05, 0) is 37.0 Å². The molecule has 0 spiro atoms. The Bertz CT molecular complexity index is 638. The van der Waals surface area contributed by atoms with Gasteiger partial charge in [-0.3, -0.25) is 9.59 Å². The number of halogens is 1. The third kappa shape index (κ3) is 3.47.